The Balaban J connectivity index is 1.19. The van der Waals surface area contributed by atoms with E-state index in [0.717, 1.165) is 28.2 Å². The van der Waals surface area contributed by atoms with E-state index >= 15 is 0 Å². The molecule has 0 bridgehead atoms. The van der Waals surface area contributed by atoms with Crippen molar-refractivity contribution in [2.75, 3.05) is 0 Å². The molecule has 1 atom stereocenters. The van der Waals surface area contributed by atoms with Crippen LogP contribution in [0.1, 0.15) is 23.6 Å². The predicted octanol–water partition coefficient (Wildman–Crippen LogP) is 13.2. The summed E-state index contributed by atoms with van der Waals surface area (Å²) < 4.78 is 5.02. The maximum Gasteiger partial charge on any atom is 0.138 e. The zero-order valence-electron chi connectivity index (χ0n) is 28.5. The average Bonchev–Trinajstić information content (AvgIpc) is 3.83. The van der Waals surface area contributed by atoms with Gasteiger partial charge in [0.1, 0.15) is 5.82 Å². The highest BCUT2D eigenvalue weighted by atomic mass is 32.1. The van der Waals surface area contributed by atoms with Crippen LogP contribution in [0.4, 0.5) is 0 Å². The second-order valence-corrected chi connectivity index (χ2v) is 15.1. The number of hydrogen-bond donors (Lipinski definition) is 0. The normalized spacial score (nSPS) is 15.1. The Kier molecular flexibility index (Phi) is 6.29. The van der Waals surface area contributed by atoms with Crippen LogP contribution in [-0.2, 0) is 5.41 Å². The van der Waals surface area contributed by atoms with Crippen molar-refractivity contribution in [2.24, 2.45) is 0 Å². The topological polar surface area (TPSA) is 17.8 Å². The molecule has 7 aromatic carbocycles. The number of pyridine rings is 1. The molecule has 0 aliphatic heterocycles. The van der Waals surface area contributed by atoms with Gasteiger partial charge in [-0.1, -0.05) is 146 Å². The summed E-state index contributed by atoms with van der Waals surface area (Å²) in [4.78, 5) is 5.38. The molecule has 1 unspecified atom stereocenters. The Labute approximate surface area is 305 Å². The summed E-state index contributed by atoms with van der Waals surface area (Å²) in [5.74, 6) is 0.917. The highest BCUT2D eigenvalue weighted by molar-refractivity contribution is 7.26. The molecule has 2 nitrogen and oxygen atoms in total. The first-order valence-electron chi connectivity index (χ1n) is 17.9. The fraction of sp³-hybridized carbons (Fsp3) is 0.0408. The minimum absolute atomic E-state index is 0.221. The lowest BCUT2D eigenvalue weighted by atomic mass is 9.74. The Bertz CT molecular complexity index is 2950. The summed E-state index contributed by atoms with van der Waals surface area (Å²) in [6, 6.07) is 64.1. The largest absolute Gasteiger partial charge is 0.294 e. The lowest BCUT2D eigenvalue weighted by Crippen LogP contribution is -2.22. The standard InChI is InChI=1S/C49H32N2S/c1-49(34-19-9-4-10-20-34)40-23-13-11-22-37(40)47-41(49)26-25-36-39-29-38-35-21-12-14-24-43(35)51(44(38)30-45(39)52-48(36)47)46-28-33(31-15-5-2-6-16-31)27-42(50-46)32-17-7-3-8-18-32/h2-30H,1H3. The quantitative estimate of drug-likeness (QED) is 0.181. The summed E-state index contributed by atoms with van der Waals surface area (Å²) >= 11 is 1.92. The smallest absolute Gasteiger partial charge is 0.138 e. The van der Waals surface area contributed by atoms with E-state index in [1.807, 2.05) is 11.3 Å². The van der Waals surface area contributed by atoms with Gasteiger partial charge in [-0.25, -0.2) is 4.98 Å². The van der Waals surface area contributed by atoms with Gasteiger partial charge in [-0.05, 0) is 70.6 Å². The molecule has 1 aliphatic carbocycles. The van der Waals surface area contributed by atoms with E-state index in [1.54, 1.807) is 0 Å². The van der Waals surface area contributed by atoms with Crippen LogP contribution in [0.2, 0.25) is 0 Å². The molecular weight excluding hydrogens is 649 g/mol. The number of nitrogens with zero attached hydrogens (tertiary/aromatic N) is 2. The van der Waals surface area contributed by atoms with Crippen LogP contribution >= 0.6 is 11.3 Å². The van der Waals surface area contributed by atoms with E-state index in [-0.39, 0.29) is 5.41 Å². The molecule has 1 aliphatic rings. The molecule has 3 heterocycles. The third-order valence-corrected chi connectivity index (χ3v) is 12.5. The third kappa shape index (κ3) is 4.14. The summed E-state index contributed by atoms with van der Waals surface area (Å²) in [5, 5.41) is 5.10. The molecule has 3 aromatic heterocycles. The Morgan fingerprint density at radius 2 is 1.19 bits per heavy atom. The molecular formula is C49H32N2S. The summed E-state index contributed by atoms with van der Waals surface area (Å²) in [6.07, 6.45) is 0. The fourth-order valence-electron chi connectivity index (χ4n) is 8.78. The average molecular weight is 681 g/mol. The summed E-state index contributed by atoms with van der Waals surface area (Å²) in [7, 11) is 0. The van der Waals surface area contributed by atoms with E-state index in [4.69, 9.17) is 4.98 Å². The number of thiophene rings is 1. The first-order valence-corrected chi connectivity index (χ1v) is 18.7. The zero-order chi connectivity index (χ0) is 34.4. The van der Waals surface area contributed by atoms with E-state index in [9.17, 15) is 0 Å². The lowest BCUT2D eigenvalue weighted by molar-refractivity contribution is 0.714. The monoisotopic (exact) mass is 680 g/mol. The number of fused-ring (bicyclic) bond motifs is 10. The second kappa shape index (κ2) is 11.1. The molecule has 0 radical (unpaired) electrons. The van der Waals surface area contributed by atoms with E-state index in [1.165, 1.54) is 69.8 Å². The van der Waals surface area contributed by atoms with Crippen molar-refractivity contribution in [3.05, 3.63) is 193 Å². The number of para-hydroxylation sites is 1. The van der Waals surface area contributed by atoms with Gasteiger partial charge in [-0.15, -0.1) is 11.3 Å². The number of aromatic nitrogens is 2. The molecule has 52 heavy (non-hydrogen) atoms. The molecule has 0 amide bonds. The van der Waals surface area contributed by atoms with Crippen LogP contribution in [0, 0.1) is 0 Å². The molecule has 10 aromatic rings. The van der Waals surface area contributed by atoms with Gasteiger partial charge in [-0.2, -0.15) is 0 Å². The van der Waals surface area contributed by atoms with Crippen LogP contribution < -0.4 is 0 Å². The molecule has 0 spiro atoms. The van der Waals surface area contributed by atoms with Gasteiger partial charge in [0.05, 0.1) is 16.7 Å². The fourth-order valence-corrected chi connectivity index (χ4v) is 10.1. The van der Waals surface area contributed by atoms with Crippen LogP contribution in [0.5, 0.6) is 0 Å². The summed E-state index contributed by atoms with van der Waals surface area (Å²) in [5.41, 5.74) is 13.3. The van der Waals surface area contributed by atoms with Gasteiger partial charge >= 0.3 is 0 Å². The van der Waals surface area contributed by atoms with E-state index in [0.29, 0.717) is 0 Å². The first-order chi connectivity index (χ1) is 25.7. The predicted molar refractivity (Wildman–Crippen MR) is 220 cm³/mol. The van der Waals surface area contributed by atoms with Crippen molar-refractivity contribution in [2.45, 2.75) is 12.3 Å². The third-order valence-electron chi connectivity index (χ3n) is 11.3. The number of rotatable bonds is 4. The molecule has 3 heteroatoms. The van der Waals surface area contributed by atoms with Crippen LogP contribution in [-0.4, -0.2) is 9.55 Å². The molecule has 244 valence electrons. The number of hydrogen-bond acceptors (Lipinski definition) is 2. The second-order valence-electron chi connectivity index (χ2n) is 14.1. The van der Waals surface area contributed by atoms with E-state index in [2.05, 4.69) is 187 Å². The van der Waals surface area contributed by atoms with Crippen LogP contribution in [0.3, 0.4) is 0 Å². The Morgan fingerprint density at radius 3 is 2.00 bits per heavy atom. The SMILES string of the molecule is CC1(c2ccccc2)c2ccccc2-c2c1ccc1c2sc2cc3c(cc21)c1ccccc1n3-c1cc(-c2ccccc2)cc(-c2ccccc2)n1. The minimum Gasteiger partial charge on any atom is -0.294 e. The van der Waals surface area contributed by atoms with Crippen molar-refractivity contribution in [1.29, 1.82) is 0 Å². The molecule has 0 N–H and O–H groups in total. The van der Waals surface area contributed by atoms with Gasteiger partial charge in [-0.3, -0.25) is 4.57 Å². The van der Waals surface area contributed by atoms with Gasteiger partial charge < -0.3 is 0 Å². The van der Waals surface area contributed by atoms with Gasteiger partial charge in [0, 0.05) is 47.5 Å². The molecule has 0 fully saturated rings. The van der Waals surface area contributed by atoms with Gasteiger partial charge in [0.15, 0.2) is 0 Å². The van der Waals surface area contributed by atoms with Crippen molar-refractivity contribution in [3.63, 3.8) is 0 Å². The van der Waals surface area contributed by atoms with Crippen LogP contribution in [0.25, 0.3) is 81.3 Å². The van der Waals surface area contributed by atoms with Crippen LogP contribution in [0.15, 0.2) is 176 Å². The van der Waals surface area contributed by atoms with Crippen molar-refractivity contribution in [3.8, 4) is 39.3 Å². The van der Waals surface area contributed by atoms with Gasteiger partial charge in [0.25, 0.3) is 0 Å². The highest BCUT2D eigenvalue weighted by Crippen LogP contribution is 2.56. The lowest BCUT2D eigenvalue weighted by Gasteiger charge is -2.28. The molecule has 0 saturated carbocycles. The summed E-state index contributed by atoms with van der Waals surface area (Å²) in [6.45, 7) is 2.40. The zero-order valence-corrected chi connectivity index (χ0v) is 29.4. The van der Waals surface area contributed by atoms with Crippen molar-refractivity contribution < 1.29 is 0 Å². The van der Waals surface area contributed by atoms with Crippen molar-refractivity contribution >= 4 is 53.3 Å². The number of benzene rings is 7. The van der Waals surface area contributed by atoms with Gasteiger partial charge in [0.2, 0.25) is 0 Å². The Morgan fingerprint density at radius 1 is 0.500 bits per heavy atom. The van der Waals surface area contributed by atoms with E-state index < -0.39 is 0 Å². The molecule has 11 rings (SSSR count). The highest BCUT2D eigenvalue weighted by Gasteiger charge is 2.41. The minimum atomic E-state index is -0.221. The molecule has 0 saturated heterocycles. The maximum absolute atomic E-state index is 5.38. The first kappa shape index (κ1) is 29.4. The Hall–Kier alpha value is -6.29. The van der Waals surface area contributed by atoms with Crippen molar-refractivity contribution in [1.82, 2.24) is 9.55 Å². The maximum atomic E-state index is 5.38.